The van der Waals surface area contributed by atoms with Crippen LogP contribution in [-0.4, -0.2) is 25.8 Å². The maximum absolute atomic E-state index is 12.4. The summed E-state index contributed by atoms with van der Waals surface area (Å²) in [5.74, 6) is 0. The van der Waals surface area contributed by atoms with E-state index in [1.807, 2.05) is 12.2 Å². The normalized spacial score (nSPS) is 15.2. The number of allylic oxidation sites excluding steroid dienone is 2. The summed E-state index contributed by atoms with van der Waals surface area (Å²) in [5.41, 5.74) is 5.39. The molecular formula is C12H14FN4OS+. The number of hydrogen-bond acceptors (Lipinski definition) is 3. The molecule has 0 saturated heterocycles. The molecule has 100 valence electrons. The highest BCUT2D eigenvalue weighted by Crippen LogP contribution is 2.03. The van der Waals surface area contributed by atoms with E-state index in [2.05, 4.69) is 11.7 Å². The molecule has 0 saturated carbocycles. The molecule has 0 aromatic carbocycles. The lowest BCUT2D eigenvalue weighted by molar-refractivity contribution is 0.607. The molecule has 2 rings (SSSR count). The Morgan fingerprint density at radius 3 is 2.95 bits per heavy atom. The van der Waals surface area contributed by atoms with Crippen LogP contribution in [0.4, 0.5) is 4.39 Å². The van der Waals surface area contributed by atoms with E-state index >= 15 is 0 Å². The first-order valence-electron chi connectivity index (χ1n) is 5.65. The van der Waals surface area contributed by atoms with E-state index in [4.69, 9.17) is 5.73 Å². The van der Waals surface area contributed by atoms with Gasteiger partial charge in [-0.15, -0.1) is 0 Å². The van der Waals surface area contributed by atoms with Gasteiger partial charge in [-0.2, -0.15) is 5.10 Å². The average molecular weight is 281 g/mol. The standard InChI is InChI=1S/C12H14FN4OS/c1-9-2-3-11(19-9)7-16-8-15-17(12(16)18)6-10(4-13)5-14/h2-4,8H,1,5-7,14H2/q+1. The van der Waals surface area contributed by atoms with Crippen molar-refractivity contribution in [3.63, 3.8) is 0 Å². The van der Waals surface area contributed by atoms with Crippen molar-refractivity contribution in [3.8, 4) is 0 Å². The summed E-state index contributed by atoms with van der Waals surface area (Å²) >= 11 is 1.52. The Morgan fingerprint density at radius 1 is 1.58 bits per heavy atom. The van der Waals surface area contributed by atoms with Gasteiger partial charge in [0, 0.05) is 18.7 Å². The second-order valence-corrected chi connectivity index (χ2v) is 5.29. The lowest BCUT2D eigenvalue weighted by Crippen LogP contribution is -2.28. The van der Waals surface area contributed by atoms with E-state index in [-0.39, 0.29) is 18.8 Å². The highest BCUT2D eigenvalue weighted by Gasteiger charge is 2.18. The van der Waals surface area contributed by atoms with Crippen molar-refractivity contribution in [1.29, 1.82) is 0 Å². The molecular weight excluding hydrogens is 267 g/mol. The summed E-state index contributed by atoms with van der Waals surface area (Å²) in [5, 5.41) is 3.95. The summed E-state index contributed by atoms with van der Waals surface area (Å²) in [6, 6.07) is 0. The molecule has 0 aliphatic carbocycles. The lowest BCUT2D eigenvalue weighted by atomic mass is 10.3. The van der Waals surface area contributed by atoms with Gasteiger partial charge in [0.1, 0.15) is 12.9 Å². The average Bonchev–Trinajstić information content (AvgIpc) is 2.96. The SMILES string of the molecule is C=C1C=CC(Cn2cnn(CC(=CF)CN)c2=O)=[S+]1. The van der Waals surface area contributed by atoms with Gasteiger partial charge in [-0.25, -0.2) is 13.9 Å². The van der Waals surface area contributed by atoms with Crippen LogP contribution in [-0.2, 0) is 24.4 Å². The molecule has 1 aliphatic heterocycles. The van der Waals surface area contributed by atoms with Gasteiger partial charge in [-0.1, -0.05) is 0 Å². The number of hydrogen-bond donors (Lipinski definition) is 1. The first-order valence-corrected chi connectivity index (χ1v) is 6.46. The van der Waals surface area contributed by atoms with Crippen molar-refractivity contribution < 1.29 is 4.39 Å². The van der Waals surface area contributed by atoms with Crippen LogP contribution in [0.2, 0.25) is 0 Å². The van der Waals surface area contributed by atoms with Crippen molar-refractivity contribution in [3.05, 3.63) is 52.4 Å². The number of rotatable bonds is 5. The molecule has 0 unspecified atom stereocenters. The molecule has 2 N–H and O–H groups in total. The fourth-order valence-electron chi connectivity index (χ4n) is 1.60. The maximum Gasteiger partial charge on any atom is 0.346 e. The molecule has 19 heavy (non-hydrogen) atoms. The van der Waals surface area contributed by atoms with Crippen LogP contribution in [0.25, 0.3) is 0 Å². The zero-order valence-electron chi connectivity index (χ0n) is 10.3. The van der Waals surface area contributed by atoms with E-state index < -0.39 is 0 Å². The van der Waals surface area contributed by atoms with Gasteiger partial charge in [-0.3, -0.25) is 4.57 Å². The number of halogens is 1. The van der Waals surface area contributed by atoms with Gasteiger partial charge in [0.2, 0.25) is 21.1 Å². The minimum atomic E-state index is -0.285. The molecule has 1 aromatic heterocycles. The highest BCUT2D eigenvalue weighted by molar-refractivity contribution is 7.83. The third kappa shape index (κ3) is 3.12. The van der Waals surface area contributed by atoms with Crippen LogP contribution in [0.5, 0.6) is 0 Å². The Kier molecular flexibility index (Phi) is 4.18. The van der Waals surface area contributed by atoms with Gasteiger partial charge in [0.25, 0.3) is 0 Å². The second kappa shape index (κ2) is 5.85. The lowest BCUT2D eigenvalue weighted by Gasteiger charge is -2.00. The van der Waals surface area contributed by atoms with E-state index in [1.54, 1.807) is 0 Å². The summed E-state index contributed by atoms with van der Waals surface area (Å²) in [6.07, 6.45) is 5.67. The Balaban J connectivity index is 2.15. The van der Waals surface area contributed by atoms with Crippen molar-refractivity contribution >= 4 is 16.2 Å². The third-order valence-corrected chi connectivity index (χ3v) is 3.54. The Hall–Kier alpha value is -1.86. The number of aromatic nitrogens is 3. The highest BCUT2D eigenvalue weighted by atomic mass is 32.1. The summed E-state index contributed by atoms with van der Waals surface area (Å²) in [7, 11) is 0. The Labute approximate surface area is 113 Å². The predicted octanol–water partition coefficient (Wildman–Crippen LogP) is 0.195. The van der Waals surface area contributed by atoms with Crippen molar-refractivity contribution in [2.75, 3.05) is 6.54 Å². The summed E-state index contributed by atoms with van der Waals surface area (Å²) in [6.45, 7) is 4.39. The van der Waals surface area contributed by atoms with Crippen LogP contribution in [0.15, 0.2) is 46.7 Å². The molecule has 0 amide bonds. The molecule has 2 heterocycles. The molecule has 0 radical (unpaired) electrons. The number of nitrogens with two attached hydrogens (primary N) is 1. The minimum absolute atomic E-state index is 0.0611. The van der Waals surface area contributed by atoms with Crippen molar-refractivity contribution in [2.24, 2.45) is 5.73 Å². The molecule has 0 fully saturated rings. The van der Waals surface area contributed by atoms with Gasteiger partial charge in [0.15, 0.2) is 0 Å². The molecule has 0 spiro atoms. The Bertz CT molecular complexity index is 638. The van der Waals surface area contributed by atoms with Crippen LogP contribution < -0.4 is 11.4 Å². The molecule has 5 nitrogen and oxygen atoms in total. The quantitative estimate of drug-likeness (QED) is 0.619. The largest absolute Gasteiger partial charge is 0.346 e. The molecule has 1 aromatic rings. The maximum atomic E-state index is 12.4. The molecule has 7 heteroatoms. The van der Waals surface area contributed by atoms with Gasteiger partial charge in [0.05, 0.1) is 12.9 Å². The van der Waals surface area contributed by atoms with Crippen molar-refractivity contribution in [1.82, 2.24) is 14.3 Å². The first kappa shape index (κ1) is 13.6. The fraction of sp³-hybridized carbons (Fsp3) is 0.250. The predicted molar refractivity (Wildman–Crippen MR) is 75.4 cm³/mol. The van der Waals surface area contributed by atoms with E-state index in [1.165, 1.54) is 26.9 Å². The topological polar surface area (TPSA) is 65.8 Å². The second-order valence-electron chi connectivity index (χ2n) is 4.04. The van der Waals surface area contributed by atoms with Gasteiger partial charge < -0.3 is 5.73 Å². The van der Waals surface area contributed by atoms with Gasteiger partial charge >= 0.3 is 5.69 Å². The third-order valence-electron chi connectivity index (χ3n) is 2.61. The van der Waals surface area contributed by atoms with Crippen LogP contribution in [0, 0.1) is 0 Å². The molecule has 1 aliphatic rings. The smallest absolute Gasteiger partial charge is 0.327 e. The van der Waals surface area contributed by atoms with Crippen LogP contribution >= 0.6 is 0 Å². The van der Waals surface area contributed by atoms with Crippen molar-refractivity contribution in [2.45, 2.75) is 13.1 Å². The van der Waals surface area contributed by atoms with E-state index in [0.717, 1.165) is 9.77 Å². The Morgan fingerprint density at radius 2 is 2.37 bits per heavy atom. The van der Waals surface area contributed by atoms with Crippen LogP contribution in [0.3, 0.4) is 0 Å². The zero-order chi connectivity index (χ0) is 13.8. The first-order chi connectivity index (χ1) is 9.13. The zero-order valence-corrected chi connectivity index (χ0v) is 11.1. The molecule has 0 bridgehead atoms. The van der Waals surface area contributed by atoms with E-state index in [0.29, 0.717) is 18.4 Å². The van der Waals surface area contributed by atoms with Gasteiger partial charge in [-0.05, 0) is 12.2 Å². The number of nitrogens with zero attached hydrogens (tertiary/aromatic N) is 3. The monoisotopic (exact) mass is 281 g/mol. The van der Waals surface area contributed by atoms with Crippen LogP contribution in [0.1, 0.15) is 0 Å². The molecule has 0 atom stereocenters. The summed E-state index contributed by atoms with van der Waals surface area (Å²) in [4.78, 5) is 14.0. The fourth-order valence-corrected chi connectivity index (χ4v) is 2.41. The van der Waals surface area contributed by atoms with E-state index in [9.17, 15) is 9.18 Å². The summed E-state index contributed by atoms with van der Waals surface area (Å²) < 4.78 is 15.1. The minimum Gasteiger partial charge on any atom is -0.327 e.